The van der Waals surface area contributed by atoms with Gasteiger partial charge in [0.2, 0.25) is 5.91 Å². The molecule has 0 saturated carbocycles. The predicted molar refractivity (Wildman–Crippen MR) is 128 cm³/mol. The molecule has 0 fully saturated rings. The molecular weight excluding hydrogens is 414 g/mol. The second-order valence-electron chi connectivity index (χ2n) is 7.53. The van der Waals surface area contributed by atoms with Crippen LogP contribution in [0.4, 0.5) is 5.69 Å². The third-order valence-corrected chi connectivity index (χ3v) is 5.14. The summed E-state index contributed by atoms with van der Waals surface area (Å²) in [5, 5.41) is 13.5. The zero-order valence-corrected chi connectivity index (χ0v) is 18.4. The van der Waals surface area contributed by atoms with E-state index in [0.29, 0.717) is 35.7 Å². The molecule has 4 aromatic rings. The van der Waals surface area contributed by atoms with Gasteiger partial charge in [-0.15, -0.1) is 0 Å². The maximum absolute atomic E-state index is 12.5. The number of rotatable bonds is 7. The van der Waals surface area contributed by atoms with Crippen LogP contribution in [0.25, 0.3) is 17.1 Å². The number of hydrogen-bond acceptors (Lipinski definition) is 5. The van der Waals surface area contributed by atoms with Gasteiger partial charge in [-0.2, -0.15) is 5.26 Å². The number of fused-ring (bicyclic) bond motifs is 1. The lowest BCUT2D eigenvalue weighted by molar-refractivity contribution is -0.111. The van der Waals surface area contributed by atoms with Crippen LogP contribution in [0.1, 0.15) is 22.5 Å². The summed E-state index contributed by atoms with van der Waals surface area (Å²) < 4.78 is 7.82. The summed E-state index contributed by atoms with van der Waals surface area (Å²) in [5.41, 5.74) is 4.22. The number of aromatic nitrogens is 3. The lowest BCUT2D eigenvalue weighted by atomic mass is 10.1. The van der Waals surface area contributed by atoms with Crippen LogP contribution in [0.3, 0.4) is 0 Å². The molecule has 4 rings (SSSR count). The minimum atomic E-state index is -0.315. The number of amides is 1. The zero-order valence-electron chi connectivity index (χ0n) is 18.4. The number of carbonyl (C=O) groups is 1. The van der Waals surface area contributed by atoms with Gasteiger partial charge in [0.05, 0.1) is 29.7 Å². The van der Waals surface area contributed by atoms with E-state index in [1.165, 1.54) is 6.08 Å². The van der Waals surface area contributed by atoms with Crippen molar-refractivity contribution < 1.29 is 9.53 Å². The monoisotopic (exact) mass is 437 g/mol. The lowest BCUT2D eigenvalue weighted by Crippen LogP contribution is -2.11. The Kier molecular flexibility index (Phi) is 6.46. The number of aryl methyl sites for hydroxylation is 2. The SMILES string of the molecule is Cc1cc(C)c2c(C#N)c(/C=C/C(=O)Nc3cccnc3)n(CCOc3ccccc3)c2n1. The van der Waals surface area contributed by atoms with Gasteiger partial charge in [-0.3, -0.25) is 9.78 Å². The Bertz CT molecular complexity index is 1350. The third-order valence-electron chi connectivity index (χ3n) is 5.14. The van der Waals surface area contributed by atoms with Gasteiger partial charge >= 0.3 is 0 Å². The van der Waals surface area contributed by atoms with Gasteiger partial charge in [0.25, 0.3) is 0 Å². The van der Waals surface area contributed by atoms with Gasteiger partial charge in [-0.05, 0) is 55.8 Å². The highest BCUT2D eigenvalue weighted by Gasteiger charge is 2.19. The van der Waals surface area contributed by atoms with Crippen LogP contribution in [-0.2, 0) is 11.3 Å². The molecule has 1 aromatic carbocycles. The molecule has 3 aromatic heterocycles. The number of carbonyl (C=O) groups excluding carboxylic acids is 1. The summed E-state index contributed by atoms with van der Waals surface area (Å²) in [6.07, 6.45) is 6.28. The van der Waals surface area contributed by atoms with Gasteiger partial charge in [-0.1, -0.05) is 18.2 Å². The van der Waals surface area contributed by atoms with Crippen molar-refractivity contribution in [2.45, 2.75) is 20.4 Å². The quantitative estimate of drug-likeness (QED) is 0.425. The second-order valence-corrected chi connectivity index (χ2v) is 7.53. The van der Waals surface area contributed by atoms with Crippen molar-refractivity contribution in [1.29, 1.82) is 5.26 Å². The number of ether oxygens (including phenoxy) is 1. The molecule has 3 heterocycles. The van der Waals surface area contributed by atoms with Crippen molar-refractivity contribution in [1.82, 2.24) is 14.5 Å². The number of para-hydroxylation sites is 1. The second kappa shape index (κ2) is 9.79. The molecule has 0 atom stereocenters. The summed E-state index contributed by atoms with van der Waals surface area (Å²) in [5.74, 6) is 0.452. The number of pyridine rings is 2. The Morgan fingerprint density at radius 3 is 2.76 bits per heavy atom. The molecule has 0 saturated heterocycles. The number of anilines is 1. The standard InChI is InChI=1S/C26H23N5O2/c1-18-15-19(2)29-26-25(18)22(16-27)23(10-11-24(32)30-20-7-6-12-28-17-20)31(26)13-14-33-21-8-4-3-5-9-21/h3-12,15,17H,13-14H2,1-2H3,(H,30,32)/b11-10+. The molecule has 7 nitrogen and oxygen atoms in total. The normalized spacial score (nSPS) is 10.9. The summed E-state index contributed by atoms with van der Waals surface area (Å²) in [6.45, 7) is 4.74. The molecule has 1 amide bonds. The predicted octanol–water partition coefficient (Wildman–Crippen LogP) is 4.65. The average molecular weight is 438 g/mol. The Hall–Kier alpha value is -4.44. The van der Waals surface area contributed by atoms with Gasteiger partial charge in [0.15, 0.2) is 0 Å². The number of benzene rings is 1. The average Bonchev–Trinajstić information content (AvgIpc) is 3.11. The molecule has 0 aliphatic heterocycles. The highest BCUT2D eigenvalue weighted by molar-refractivity contribution is 6.02. The van der Waals surface area contributed by atoms with E-state index in [4.69, 9.17) is 9.72 Å². The maximum Gasteiger partial charge on any atom is 0.248 e. The fraction of sp³-hybridized carbons (Fsp3) is 0.154. The molecule has 164 valence electrons. The van der Waals surface area contributed by atoms with E-state index in [-0.39, 0.29) is 5.91 Å². The smallest absolute Gasteiger partial charge is 0.248 e. The zero-order chi connectivity index (χ0) is 23.2. The van der Waals surface area contributed by atoms with Crippen LogP contribution in [0.2, 0.25) is 0 Å². The van der Waals surface area contributed by atoms with Crippen LogP contribution in [-0.4, -0.2) is 27.0 Å². The highest BCUT2D eigenvalue weighted by Crippen LogP contribution is 2.29. The van der Waals surface area contributed by atoms with E-state index < -0.39 is 0 Å². The summed E-state index contributed by atoms with van der Waals surface area (Å²) >= 11 is 0. The first-order chi connectivity index (χ1) is 16.1. The van der Waals surface area contributed by atoms with Crippen molar-refractivity contribution in [3.05, 3.63) is 89.5 Å². The molecular formula is C26H23N5O2. The van der Waals surface area contributed by atoms with Crippen molar-refractivity contribution in [3.8, 4) is 11.8 Å². The Morgan fingerprint density at radius 2 is 2.03 bits per heavy atom. The molecule has 0 radical (unpaired) electrons. The van der Waals surface area contributed by atoms with Crippen LogP contribution in [0.15, 0.2) is 67.0 Å². The minimum Gasteiger partial charge on any atom is -0.492 e. The van der Waals surface area contributed by atoms with Crippen LogP contribution in [0.5, 0.6) is 5.75 Å². The summed E-state index contributed by atoms with van der Waals surface area (Å²) in [6, 6.07) is 17.3. The van der Waals surface area contributed by atoms with Crippen LogP contribution >= 0.6 is 0 Å². The number of nitriles is 1. The van der Waals surface area contributed by atoms with Crippen molar-refractivity contribution in [2.24, 2.45) is 0 Å². The van der Waals surface area contributed by atoms with Crippen LogP contribution < -0.4 is 10.1 Å². The van der Waals surface area contributed by atoms with E-state index in [0.717, 1.165) is 22.4 Å². The Morgan fingerprint density at radius 1 is 1.21 bits per heavy atom. The first-order valence-corrected chi connectivity index (χ1v) is 10.5. The first kappa shape index (κ1) is 21.8. The molecule has 0 bridgehead atoms. The largest absolute Gasteiger partial charge is 0.492 e. The van der Waals surface area contributed by atoms with Gasteiger partial charge < -0.3 is 14.6 Å². The summed E-state index contributed by atoms with van der Waals surface area (Å²) in [7, 11) is 0. The number of nitrogens with one attached hydrogen (secondary N) is 1. The van der Waals surface area contributed by atoms with Gasteiger partial charge in [-0.25, -0.2) is 4.98 Å². The molecule has 7 heteroatoms. The first-order valence-electron chi connectivity index (χ1n) is 10.5. The van der Waals surface area contributed by atoms with E-state index in [1.807, 2.05) is 54.8 Å². The Labute approximate surface area is 192 Å². The maximum atomic E-state index is 12.5. The van der Waals surface area contributed by atoms with Crippen molar-refractivity contribution in [2.75, 3.05) is 11.9 Å². The summed E-state index contributed by atoms with van der Waals surface area (Å²) in [4.78, 5) is 21.2. The topological polar surface area (TPSA) is 92.8 Å². The fourth-order valence-electron chi connectivity index (χ4n) is 3.76. The van der Waals surface area contributed by atoms with E-state index in [9.17, 15) is 10.1 Å². The molecule has 0 aliphatic carbocycles. The van der Waals surface area contributed by atoms with Crippen LogP contribution in [0, 0.1) is 25.2 Å². The van der Waals surface area contributed by atoms with Crippen molar-refractivity contribution in [3.63, 3.8) is 0 Å². The van der Waals surface area contributed by atoms with E-state index in [1.54, 1.807) is 30.6 Å². The Balaban J connectivity index is 1.68. The molecule has 0 spiro atoms. The minimum absolute atomic E-state index is 0.315. The molecule has 33 heavy (non-hydrogen) atoms. The van der Waals surface area contributed by atoms with E-state index >= 15 is 0 Å². The van der Waals surface area contributed by atoms with Gasteiger partial charge in [0, 0.05) is 23.4 Å². The van der Waals surface area contributed by atoms with Gasteiger partial charge in [0.1, 0.15) is 24.1 Å². The fourth-order valence-corrected chi connectivity index (χ4v) is 3.76. The van der Waals surface area contributed by atoms with E-state index in [2.05, 4.69) is 16.4 Å². The lowest BCUT2D eigenvalue weighted by Gasteiger charge is -2.10. The highest BCUT2D eigenvalue weighted by atomic mass is 16.5. The number of nitrogens with zero attached hydrogens (tertiary/aromatic N) is 4. The number of hydrogen-bond donors (Lipinski definition) is 1. The third kappa shape index (κ3) is 4.91. The molecule has 0 aliphatic rings. The molecule has 0 unspecified atom stereocenters. The van der Waals surface area contributed by atoms with Crippen molar-refractivity contribution >= 4 is 28.7 Å². The molecule has 1 N–H and O–H groups in total.